The summed E-state index contributed by atoms with van der Waals surface area (Å²) < 4.78 is 9.11. The Morgan fingerprint density at radius 1 is 1.35 bits per heavy atom. The topological polar surface area (TPSA) is 102 Å². The van der Waals surface area contributed by atoms with Crippen LogP contribution in [0, 0.1) is 0 Å². The Labute approximate surface area is 99.1 Å². The molecule has 2 N–H and O–H groups in total. The Hall–Kier alpha value is -1.79. The number of carboxylic acids is 1. The van der Waals surface area contributed by atoms with E-state index in [2.05, 4.69) is 14.8 Å². The molecule has 1 atom stereocenters. The molecule has 0 heterocycles. The Morgan fingerprint density at radius 2 is 2.00 bits per heavy atom. The lowest BCUT2D eigenvalue weighted by molar-refractivity contribution is -0.143. The Balaban J connectivity index is 4.19. The van der Waals surface area contributed by atoms with Crippen LogP contribution in [0.4, 0.5) is 4.79 Å². The number of methoxy groups -OCH3 is 1. The molecule has 7 heteroatoms. The molecule has 0 fully saturated rings. The van der Waals surface area contributed by atoms with Gasteiger partial charge in [-0.2, -0.15) is 0 Å². The van der Waals surface area contributed by atoms with E-state index in [9.17, 15) is 14.4 Å². The van der Waals surface area contributed by atoms with Gasteiger partial charge in [0.15, 0.2) is 0 Å². The normalized spacial score (nSPS) is 11.4. The lowest BCUT2D eigenvalue weighted by Gasteiger charge is -2.15. The van der Waals surface area contributed by atoms with Gasteiger partial charge in [-0.1, -0.05) is 0 Å². The summed E-state index contributed by atoms with van der Waals surface area (Å²) in [4.78, 5) is 32.7. The maximum Gasteiger partial charge on any atom is 0.407 e. The Bertz CT molecular complexity index is 278. The van der Waals surface area contributed by atoms with Crippen LogP contribution in [-0.4, -0.2) is 42.9 Å². The van der Waals surface area contributed by atoms with Gasteiger partial charge in [0.25, 0.3) is 0 Å². The van der Waals surface area contributed by atoms with Crippen molar-refractivity contribution in [2.45, 2.75) is 32.2 Å². The second kappa shape index (κ2) is 8.37. The quantitative estimate of drug-likeness (QED) is 0.636. The summed E-state index contributed by atoms with van der Waals surface area (Å²) in [7, 11) is 1.19. The van der Waals surface area contributed by atoms with E-state index in [1.807, 2.05) is 0 Å². The summed E-state index contributed by atoms with van der Waals surface area (Å²) >= 11 is 0. The van der Waals surface area contributed by atoms with Gasteiger partial charge < -0.3 is 19.9 Å². The van der Waals surface area contributed by atoms with Crippen molar-refractivity contribution in [2.24, 2.45) is 0 Å². The fraction of sp³-hybridized carbons (Fsp3) is 0.700. The molecule has 0 aromatic rings. The van der Waals surface area contributed by atoms with E-state index in [0.717, 1.165) is 0 Å². The van der Waals surface area contributed by atoms with Gasteiger partial charge >= 0.3 is 18.0 Å². The standard InChI is InChI=1S/C10H17NO6/c1-3-17-10(15)11-7(9(14)16-2)5-4-6-8(12)13/h7H,3-6H2,1-2H3,(H,11,15)(H,12,13). The van der Waals surface area contributed by atoms with Crippen molar-refractivity contribution in [3.8, 4) is 0 Å². The monoisotopic (exact) mass is 247 g/mol. The zero-order chi connectivity index (χ0) is 13.3. The van der Waals surface area contributed by atoms with Gasteiger partial charge in [-0.05, 0) is 19.8 Å². The molecule has 17 heavy (non-hydrogen) atoms. The Kier molecular flexibility index (Phi) is 7.49. The molecule has 7 nitrogen and oxygen atoms in total. The van der Waals surface area contributed by atoms with Gasteiger partial charge in [0.05, 0.1) is 13.7 Å². The van der Waals surface area contributed by atoms with Gasteiger partial charge in [0.2, 0.25) is 0 Å². The number of hydrogen-bond donors (Lipinski definition) is 2. The highest BCUT2D eigenvalue weighted by Crippen LogP contribution is 2.03. The second-order valence-electron chi connectivity index (χ2n) is 3.23. The number of rotatable bonds is 7. The maximum atomic E-state index is 11.3. The van der Waals surface area contributed by atoms with Gasteiger partial charge in [0, 0.05) is 6.42 Å². The van der Waals surface area contributed by atoms with Crippen LogP contribution in [0.5, 0.6) is 0 Å². The summed E-state index contributed by atoms with van der Waals surface area (Å²) in [5.41, 5.74) is 0. The number of aliphatic carboxylic acids is 1. The summed E-state index contributed by atoms with van der Waals surface area (Å²) in [6.45, 7) is 1.83. The lowest BCUT2D eigenvalue weighted by Crippen LogP contribution is -2.41. The molecule has 0 aliphatic carbocycles. The largest absolute Gasteiger partial charge is 0.481 e. The fourth-order valence-corrected chi connectivity index (χ4v) is 1.16. The van der Waals surface area contributed by atoms with E-state index >= 15 is 0 Å². The summed E-state index contributed by atoms with van der Waals surface area (Å²) in [5, 5.41) is 10.8. The van der Waals surface area contributed by atoms with Crippen LogP contribution in [0.25, 0.3) is 0 Å². The number of carbonyl (C=O) groups is 3. The SMILES string of the molecule is CCOC(=O)NC(CCCC(=O)O)C(=O)OC. The molecule has 0 aromatic heterocycles. The molecule has 0 rings (SSSR count). The minimum Gasteiger partial charge on any atom is -0.481 e. The highest BCUT2D eigenvalue weighted by molar-refractivity contribution is 5.81. The first-order valence-electron chi connectivity index (χ1n) is 5.24. The van der Waals surface area contributed by atoms with E-state index in [4.69, 9.17) is 5.11 Å². The van der Waals surface area contributed by atoms with Gasteiger partial charge in [-0.25, -0.2) is 9.59 Å². The van der Waals surface area contributed by atoms with Gasteiger partial charge in [0.1, 0.15) is 6.04 Å². The summed E-state index contributed by atoms with van der Waals surface area (Å²) in [5.74, 6) is -1.58. The van der Waals surface area contributed by atoms with Gasteiger partial charge in [-0.3, -0.25) is 4.79 Å². The van der Waals surface area contributed by atoms with Crippen LogP contribution in [-0.2, 0) is 19.1 Å². The van der Waals surface area contributed by atoms with E-state index in [-0.39, 0.29) is 25.9 Å². The zero-order valence-corrected chi connectivity index (χ0v) is 9.89. The van der Waals surface area contributed by atoms with Crippen molar-refractivity contribution in [3.05, 3.63) is 0 Å². The predicted octanol–water partition coefficient (Wildman–Crippen LogP) is 0.529. The first kappa shape index (κ1) is 15.2. The number of alkyl carbamates (subject to hydrolysis) is 1. The van der Waals surface area contributed by atoms with E-state index in [0.29, 0.717) is 0 Å². The van der Waals surface area contributed by atoms with Crippen LogP contribution in [0.2, 0.25) is 0 Å². The molecule has 0 aromatic carbocycles. The number of nitrogens with one attached hydrogen (secondary N) is 1. The van der Waals surface area contributed by atoms with E-state index < -0.39 is 24.1 Å². The number of carbonyl (C=O) groups excluding carboxylic acids is 2. The highest BCUT2D eigenvalue weighted by atomic mass is 16.6. The van der Waals surface area contributed by atoms with Gasteiger partial charge in [-0.15, -0.1) is 0 Å². The van der Waals surface area contributed by atoms with Crippen LogP contribution >= 0.6 is 0 Å². The molecular weight excluding hydrogens is 230 g/mol. The molecule has 0 aliphatic rings. The fourth-order valence-electron chi connectivity index (χ4n) is 1.16. The van der Waals surface area contributed by atoms with Crippen molar-refractivity contribution < 1.29 is 29.0 Å². The number of ether oxygens (including phenoxy) is 2. The molecular formula is C10H17NO6. The molecule has 1 amide bonds. The summed E-state index contributed by atoms with van der Waals surface area (Å²) in [6, 6.07) is -0.876. The highest BCUT2D eigenvalue weighted by Gasteiger charge is 2.21. The zero-order valence-electron chi connectivity index (χ0n) is 9.89. The first-order chi connectivity index (χ1) is 8.01. The average molecular weight is 247 g/mol. The van der Waals surface area contributed by atoms with Crippen LogP contribution < -0.4 is 5.32 Å². The molecule has 0 radical (unpaired) electrons. The minimum absolute atomic E-state index is 0.0714. The lowest BCUT2D eigenvalue weighted by atomic mass is 10.1. The number of carboxylic acid groups (broad SMARTS) is 1. The summed E-state index contributed by atoms with van der Waals surface area (Å²) in [6.07, 6.45) is -0.338. The van der Waals surface area contributed by atoms with Crippen LogP contribution in [0.1, 0.15) is 26.2 Å². The number of hydrogen-bond acceptors (Lipinski definition) is 5. The molecule has 0 spiro atoms. The smallest absolute Gasteiger partial charge is 0.407 e. The van der Waals surface area contributed by atoms with E-state index in [1.165, 1.54) is 7.11 Å². The molecule has 0 saturated carbocycles. The maximum absolute atomic E-state index is 11.3. The van der Waals surface area contributed by atoms with Crippen molar-refractivity contribution >= 4 is 18.0 Å². The van der Waals surface area contributed by atoms with Crippen LogP contribution in [0.15, 0.2) is 0 Å². The molecule has 98 valence electrons. The third-order valence-electron chi connectivity index (χ3n) is 1.94. The van der Waals surface area contributed by atoms with Crippen molar-refractivity contribution in [1.82, 2.24) is 5.32 Å². The third-order valence-corrected chi connectivity index (χ3v) is 1.94. The van der Waals surface area contributed by atoms with Crippen molar-refractivity contribution in [3.63, 3.8) is 0 Å². The van der Waals surface area contributed by atoms with Crippen LogP contribution in [0.3, 0.4) is 0 Å². The van der Waals surface area contributed by atoms with Crippen molar-refractivity contribution in [2.75, 3.05) is 13.7 Å². The molecule has 0 aliphatic heterocycles. The Morgan fingerprint density at radius 3 is 2.47 bits per heavy atom. The second-order valence-corrected chi connectivity index (χ2v) is 3.23. The molecule has 0 bridgehead atoms. The molecule has 1 unspecified atom stereocenters. The number of esters is 1. The predicted molar refractivity (Wildman–Crippen MR) is 57.4 cm³/mol. The number of amides is 1. The minimum atomic E-state index is -0.954. The molecule has 0 saturated heterocycles. The van der Waals surface area contributed by atoms with Crippen molar-refractivity contribution in [1.29, 1.82) is 0 Å². The van der Waals surface area contributed by atoms with E-state index in [1.54, 1.807) is 6.92 Å². The first-order valence-corrected chi connectivity index (χ1v) is 5.24. The third kappa shape index (κ3) is 7.15. The average Bonchev–Trinajstić information content (AvgIpc) is 2.26.